The molecule has 0 bridgehead atoms. The van der Waals surface area contributed by atoms with Crippen molar-refractivity contribution in [1.29, 1.82) is 0 Å². The quantitative estimate of drug-likeness (QED) is 0.206. The lowest BCUT2D eigenvalue weighted by molar-refractivity contribution is 0.412. The summed E-state index contributed by atoms with van der Waals surface area (Å²) in [4.78, 5) is -2.44. The first-order valence-corrected chi connectivity index (χ1v) is 11.2. The van der Waals surface area contributed by atoms with Crippen LogP contribution in [0.4, 0.5) is 0 Å². The van der Waals surface area contributed by atoms with Gasteiger partial charge in [0, 0.05) is 12.1 Å². The van der Waals surface area contributed by atoms with Crippen molar-refractivity contribution in [2.24, 2.45) is 0 Å². The van der Waals surface area contributed by atoms with Crippen LogP contribution in [0.2, 0.25) is 0 Å². The Morgan fingerprint density at radius 2 is 0.833 bits per heavy atom. The topological polar surface area (TPSA) is 149 Å². The minimum Gasteiger partial charge on any atom is -0.508 e. The Balaban J connectivity index is 0.000000171. The Bertz CT molecular complexity index is 1300. The van der Waals surface area contributed by atoms with E-state index in [4.69, 9.17) is 14.2 Å². The van der Waals surface area contributed by atoms with Crippen LogP contribution in [0, 0.1) is 0 Å². The normalized spacial score (nSPS) is 11.8. The molecule has 10 heteroatoms. The zero-order chi connectivity index (χ0) is 22.1. The molecule has 4 aromatic rings. The van der Waals surface area contributed by atoms with Crippen LogP contribution < -0.4 is 0 Å². The van der Waals surface area contributed by atoms with Gasteiger partial charge >= 0.3 is 0 Å². The molecule has 4 rings (SSSR count). The van der Waals surface area contributed by atoms with Crippen LogP contribution in [-0.4, -0.2) is 36.2 Å². The second-order valence-electron chi connectivity index (χ2n) is 6.29. The summed E-state index contributed by atoms with van der Waals surface area (Å²) >= 11 is 0. The molecule has 0 aliphatic heterocycles. The van der Waals surface area contributed by atoms with Gasteiger partial charge in [0.05, 0.1) is 0 Å². The molecule has 0 atom stereocenters. The molecular weight excluding hydrogens is 432 g/mol. The fraction of sp³-hybridized carbons (Fsp3) is 0. The number of hydrogen-bond donors (Lipinski definition) is 4. The fourth-order valence-corrected chi connectivity index (χ4v) is 4.16. The van der Waals surface area contributed by atoms with Crippen molar-refractivity contribution in [1.82, 2.24) is 0 Å². The van der Waals surface area contributed by atoms with Crippen molar-refractivity contribution in [3.63, 3.8) is 0 Å². The molecule has 0 saturated carbocycles. The van der Waals surface area contributed by atoms with Gasteiger partial charge < -0.3 is 10.2 Å². The molecule has 30 heavy (non-hydrogen) atoms. The lowest BCUT2D eigenvalue weighted by Gasteiger charge is -2.06. The van der Waals surface area contributed by atoms with E-state index in [0.717, 1.165) is 0 Å². The second-order valence-corrected chi connectivity index (χ2v) is 9.07. The third-order valence-corrected chi connectivity index (χ3v) is 5.93. The molecule has 4 aromatic carbocycles. The minimum absolute atomic E-state index is 0.430. The number of hydrogen-bond acceptors (Lipinski definition) is 6. The van der Waals surface area contributed by atoms with Crippen molar-refractivity contribution in [2.45, 2.75) is 9.79 Å². The summed E-state index contributed by atoms with van der Waals surface area (Å²) in [5.74, 6) is -2.24. The number of phenolic OH excluding ortho intramolecular Hbond substituents is 2. The standard InChI is InChI=1S/C14H10.C6H6O8S2/c1-2-6-12-10-14-8-4-3-7-13(14)9-11(12)5-1;7-3-1-4(15(9,10)11)6(8)5(2-3)16(12,13)14/h1-10H;1-2,7-8H,(H,9,10,11)(H,12,13,14). The molecule has 0 aliphatic carbocycles. The van der Waals surface area contributed by atoms with Gasteiger partial charge in [-0.3, -0.25) is 9.11 Å². The van der Waals surface area contributed by atoms with Crippen molar-refractivity contribution < 1.29 is 36.2 Å². The predicted molar refractivity (Wildman–Crippen MR) is 111 cm³/mol. The third kappa shape index (κ3) is 4.69. The van der Waals surface area contributed by atoms with Gasteiger partial charge in [0.2, 0.25) is 0 Å². The van der Waals surface area contributed by atoms with Gasteiger partial charge in [0.25, 0.3) is 20.2 Å². The van der Waals surface area contributed by atoms with E-state index in [1.165, 1.54) is 21.5 Å². The molecule has 0 amide bonds. The molecule has 0 spiro atoms. The lowest BCUT2D eigenvalue weighted by Crippen LogP contribution is -2.04. The summed E-state index contributed by atoms with van der Waals surface area (Å²) in [5, 5.41) is 23.4. The summed E-state index contributed by atoms with van der Waals surface area (Å²) in [5.41, 5.74) is 0. The van der Waals surface area contributed by atoms with Crippen LogP contribution in [0.5, 0.6) is 11.5 Å². The Kier molecular flexibility index (Phi) is 5.68. The zero-order valence-electron chi connectivity index (χ0n) is 15.2. The van der Waals surface area contributed by atoms with Crippen molar-refractivity contribution in [3.05, 3.63) is 72.8 Å². The summed E-state index contributed by atoms with van der Waals surface area (Å²) in [7, 11) is -9.85. The van der Waals surface area contributed by atoms with Crippen LogP contribution in [-0.2, 0) is 20.2 Å². The smallest absolute Gasteiger partial charge is 0.298 e. The van der Waals surface area contributed by atoms with Gasteiger partial charge in [-0.2, -0.15) is 16.8 Å². The summed E-state index contributed by atoms with van der Waals surface area (Å²) in [6.07, 6.45) is 0. The van der Waals surface area contributed by atoms with Crippen molar-refractivity contribution >= 4 is 41.8 Å². The second kappa shape index (κ2) is 7.92. The Morgan fingerprint density at radius 3 is 1.10 bits per heavy atom. The van der Waals surface area contributed by atoms with Crippen LogP contribution in [0.1, 0.15) is 0 Å². The van der Waals surface area contributed by atoms with Crippen molar-refractivity contribution in [2.75, 3.05) is 0 Å². The first kappa shape index (κ1) is 21.5. The summed E-state index contributed by atoms with van der Waals surface area (Å²) in [6, 6.07) is 22.3. The van der Waals surface area contributed by atoms with Crippen LogP contribution in [0.25, 0.3) is 21.5 Å². The molecule has 0 saturated heterocycles. The highest BCUT2D eigenvalue weighted by Crippen LogP contribution is 2.34. The number of rotatable bonds is 2. The Hall–Kier alpha value is -3.18. The van der Waals surface area contributed by atoms with E-state index in [2.05, 4.69) is 60.7 Å². The van der Waals surface area contributed by atoms with E-state index in [9.17, 15) is 21.9 Å². The van der Waals surface area contributed by atoms with Gasteiger partial charge in [0.15, 0.2) is 5.75 Å². The number of aromatic hydroxyl groups is 2. The Morgan fingerprint density at radius 1 is 0.533 bits per heavy atom. The molecule has 0 heterocycles. The molecule has 0 fully saturated rings. The largest absolute Gasteiger partial charge is 0.508 e. The summed E-state index contributed by atoms with van der Waals surface area (Å²) in [6.45, 7) is 0. The van der Waals surface area contributed by atoms with Crippen LogP contribution in [0.15, 0.2) is 82.6 Å². The molecule has 0 unspecified atom stereocenters. The highest BCUT2D eigenvalue weighted by atomic mass is 32.2. The van der Waals surface area contributed by atoms with Crippen LogP contribution >= 0.6 is 0 Å². The SMILES string of the molecule is O=S(=O)(O)c1cc(O)cc(S(=O)(=O)O)c1O.c1ccc2cc3ccccc3cc2c1. The maximum absolute atomic E-state index is 10.7. The maximum Gasteiger partial charge on any atom is 0.298 e. The molecule has 8 nitrogen and oxygen atoms in total. The monoisotopic (exact) mass is 448 g/mol. The van der Waals surface area contributed by atoms with E-state index in [1.807, 2.05) is 0 Å². The van der Waals surface area contributed by atoms with Gasteiger partial charge in [-0.25, -0.2) is 0 Å². The van der Waals surface area contributed by atoms with Gasteiger partial charge in [-0.05, 0) is 33.7 Å². The number of fused-ring (bicyclic) bond motifs is 2. The molecule has 0 radical (unpaired) electrons. The molecule has 0 aromatic heterocycles. The van der Waals surface area contributed by atoms with E-state index >= 15 is 0 Å². The predicted octanol–water partition coefficient (Wildman–Crippen LogP) is 3.58. The fourth-order valence-electron chi connectivity index (χ4n) is 2.84. The molecule has 4 N–H and O–H groups in total. The third-order valence-electron chi connectivity index (χ3n) is 4.19. The highest BCUT2D eigenvalue weighted by Gasteiger charge is 2.25. The highest BCUT2D eigenvalue weighted by molar-refractivity contribution is 7.86. The molecular formula is C20H16O8S2. The van der Waals surface area contributed by atoms with E-state index in [-0.39, 0.29) is 0 Å². The van der Waals surface area contributed by atoms with E-state index < -0.39 is 41.5 Å². The zero-order valence-corrected chi connectivity index (χ0v) is 16.8. The lowest BCUT2D eigenvalue weighted by atomic mass is 10.0. The number of benzene rings is 4. The minimum atomic E-state index is -4.92. The first-order valence-electron chi connectivity index (χ1n) is 8.35. The molecule has 156 valence electrons. The Labute approximate surface area is 172 Å². The van der Waals surface area contributed by atoms with Crippen molar-refractivity contribution in [3.8, 4) is 11.5 Å². The number of phenols is 2. The van der Waals surface area contributed by atoms with Gasteiger partial charge in [-0.15, -0.1) is 0 Å². The van der Waals surface area contributed by atoms with E-state index in [1.54, 1.807) is 0 Å². The molecule has 0 aliphatic rings. The average molecular weight is 448 g/mol. The summed E-state index contributed by atoms with van der Waals surface area (Å²) < 4.78 is 60.0. The van der Waals surface area contributed by atoms with Gasteiger partial charge in [-0.1, -0.05) is 48.5 Å². The average Bonchev–Trinajstić information content (AvgIpc) is 2.66. The van der Waals surface area contributed by atoms with Crippen LogP contribution in [0.3, 0.4) is 0 Å². The first-order chi connectivity index (χ1) is 14.0. The van der Waals surface area contributed by atoms with E-state index in [0.29, 0.717) is 12.1 Å². The maximum atomic E-state index is 10.7. The van der Waals surface area contributed by atoms with Gasteiger partial charge in [0.1, 0.15) is 15.5 Å².